The highest BCUT2D eigenvalue weighted by atomic mass is 35.5. The molecule has 3 rings (SSSR count). The third kappa shape index (κ3) is 2.63. The molecule has 1 atom stereocenters. The second kappa shape index (κ2) is 6.12. The summed E-state index contributed by atoms with van der Waals surface area (Å²) in [4.78, 5) is 18.0. The highest BCUT2D eigenvalue weighted by Crippen LogP contribution is 2.42. The van der Waals surface area contributed by atoms with Gasteiger partial charge < -0.3 is 18.9 Å². The van der Waals surface area contributed by atoms with E-state index < -0.39 is 0 Å². The fraction of sp³-hybridized carbons (Fsp3) is 0.375. The normalized spacial score (nSPS) is 17.7. The van der Waals surface area contributed by atoms with Crippen LogP contribution in [0, 0.1) is 0 Å². The Balaban J connectivity index is 2.04. The lowest BCUT2D eigenvalue weighted by atomic mass is 10.1. The number of methoxy groups -OCH3 is 2. The molecule has 0 saturated carbocycles. The minimum Gasteiger partial charge on any atom is -0.493 e. The lowest BCUT2D eigenvalue weighted by Crippen LogP contribution is -2.19. The molecule has 1 saturated heterocycles. The number of amides is 1. The summed E-state index contributed by atoms with van der Waals surface area (Å²) >= 11 is 6.48. The Morgan fingerprint density at radius 1 is 1.30 bits per heavy atom. The largest absolute Gasteiger partial charge is 0.493 e. The molecule has 7 heteroatoms. The Morgan fingerprint density at radius 2 is 2.09 bits per heavy atom. The summed E-state index contributed by atoms with van der Waals surface area (Å²) < 4.78 is 12.6. The van der Waals surface area contributed by atoms with Crippen molar-refractivity contribution in [2.75, 3.05) is 27.8 Å². The van der Waals surface area contributed by atoms with E-state index in [1.54, 1.807) is 31.4 Å². The predicted molar refractivity (Wildman–Crippen MR) is 87.1 cm³/mol. The van der Waals surface area contributed by atoms with Gasteiger partial charge in [-0.15, -0.1) is 0 Å². The van der Waals surface area contributed by atoms with Gasteiger partial charge in [-0.25, -0.2) is 4.98 Å². The lowest BCUT2D eigenvalue weighted by molar-refractivity contribution is -0.126. The van der Waals surface area contributed by atoms with Crippen LogP contribution in [0.1, 0.15) is 12.5 Å². The fourth-order valence-electron chi connectivity index (χ4n) is 2.90. The van der Waals surface area contributed by atoms with Gasteiger partial charge in [0.05, 0.1) is 25.3 Å². The van der Waals surface area contributed by atoms with Crippen molar-refractivity contribution in [3.63, 3.8) is 0 Å². The number of hydrogen-bond acceptors (Lipinski definition) is 4. The molecule has 1 aromatic heterocycles. The second-order valence-electron chi connectivity index (χ2n) is 5.45. The number of nitrogens with zero attached hydrogens (tertiary/aromatic N) is 3. The van der Waals surface area contributed by atoms with E-state index in [1.165, 1.54) is 0 Å². The van der Waals surface area contributed by atoms with Crippen LogP contribution in [-0.4, -0.2) is 48.2 Å². The van der Waals surface area contributed by atoms with Crippen molar-refractivity contribution in [2.45, 2.75) is 12.5 Å². The molecule has 0 aliphatic carbocycles. The lowest BCUT2D eigenvalue weighted by Gasteiger charge is -2.17. The monoisotopic (exact) mass is 335 g/mol. The van der Waals surface area contributed by atoms with Crippen LogP contribution in [0.15, 0.2) is 24.5 Å². The molecule has 0 spiro atoms. The zero-order valence-electron chi connectivity index (χ0n) is 13.2. The Labute approximate surface area is 139 Å². The smallest absolute Gasteiger partial charge is 0.224 e. The summed E-state index contributed by atoms with van der Waals surface area (Å²) in [5.74, 6) is 1.88. The van der Waals surface area contributed by atoms with Crippen molar-refractivity contribution in [1.82, 2.24) is 14.5 Å². The fourth-order valence-corrected chi connectivity index (χ4v) is 3.22. The van der Waals surface area contributed by atoms with E-state index in [9.17, 15) is 4.79 Å². The maximum atomic E-state index is 11.8. The van der Waals surface area contributed by atoms with Crippen LogP contribution in [-0.2, 0) is 4.79 Å². The summed E-state index contributed by atoms with van der Waals surface area (Å²) in [6.45, 7) is 0.660. The zero-order chi connectivity index (χ0) is 16.6. The first-order valence-electron chi connectivity index (χ1n) is 7.24. The molecule has 6 nitrogen and oxygen atoms in total. The number of carbonyl (C=O) groups excluding carboxylic acids is 1. The van der Waals surface area contributed by atoms with Crippen LogP contribution in [0.2, 0.25) is 5.02 Å². The number of benzene rings is 1. The minimum atomic E-state index is 0.0502. The number of rotatable bonds is 4. The minimum absolute atomic E-state index is 0.0502. The number of halogens is 1. The number of likely N-dealkylation sites (N-methyl/N-ethyl adjacent to an activating group) is 1. The molecule has 1 aromatic carbocycles. The van der Waals surface area contributed by atoms with Crippen LogP contribution in [0.3, 0.4) is 0 Å². The predicted octanol–water partition coefficient (Wildman–Crippen LogP) is 2.62. The van der Waals surface area contributed by atoms with Gasteiger partial charge in [0.25, 0.3) is 0 Å². The SMILES string of the molecule is COc1ccc(-c2nccn2C2CC(=O)N(C)C2)c(Cl)c1OC. The molecule has 1 amide bonds. The maximum absolute atomic E-state index is 11.8. The number of likely N-dealkylation sites (tertiary alicyclic amines) is 1. The number of carbonyl (C=O) groups is 1. The molecule has 0 bridgehead atoms. The zero-order valence-corrected chi connectivity index (χ0v) is 14.0. The molecular formula is C16H18ClN3O3. The van der Waals surface area contributed by atoms with E-state index in [2.05, 4.69) is 4.98 Å². The first kappa shape index (κ1) is 15.7. The Bertz CT molecular complexity index is 744. The van der Waals surface area contributed by atoms with Crippen molar-refractivity contribution in [3.05, 3.63) is 29.5 Å². The first-order chi connectivity index (χ1) is 11.1. The summed E-state index contributed by atoms with van der Waals surface area (Å²) in [6.07, 6.45) is 4.05. The number of hydrogen-bond donors (Lipinski definition) is 0. The van der Waals surface area contributed by atoms with Crippen molar-refractivity contribution in [2.24, 2.45) is 0 Å². The molecule has 1 aliphatic rings. The molecule has 0 radical (unpaired) electrons. The van der Waals surface area contributed by atoms with Gasteiger partial charge in [0.15, 0.2) is 11.5 Å². The van der Waals surface area contributed by atoms with Gasteiger partial charge in [-0.2, -0.15) is 0 Å². The number of aromatic nitrogens is 2. The van der Waals surface area contributed by atoms with E-state index in [-0.39, 0.29) is 11.9 Å². The molecule has 2 aromatic rings. The first-order valence-corrected chi connectivity index (χ1v) is 7.62. The summed E-state index contributed by atoms with van der Waals surface area (Å²) in [5, 5.41) is 0.442. The van der Waals surface area contributed by atoms with Crippen molar-refractivity contribution in [1.29, 1.82) is 0 Å². The van der Waals surface area contributed by atoms with Crippen molar-refractivity contribution >= 4 is 17.5 Å². The average molecular weight is 336 g/mol. The Morgan fingerprint density at radius 3 is 2.70 bits per heavy atom. The highest BCUT2D eigenvalue weighted by molar-refractivity contribution is 6.35. The van der Waals surface area contributed by atoms with Crippen LogP contribution in [0.25, 0.3) is 11.4 Å². The molecule has 2 heterocycles. The van der Waals surface area contributed by atoms with Crippen LogP contribution < -0.4 is 9.47 Å². The Hall–Kier alpha value is -2.21. The number of imidazole rings is 1. The van der Waals surface area contributed by atoms with E-state index in [4.69, 9.17) is 21.1 Å². The van der Waals surface area contributed by atoms with Gasteiger partial charge in [0.2, 0.25) is 5.91 Å². The van der Waals surface area contributed by atoms with Crippen molar-refractivity contribution < 1.29 is 14.3 Å². The van der Waals surface area contributed by atoms with Crippen LogP contribution in [0.5, 0.6) is 11.5 Å². The molecule has 1 unspecified atom stereocenters. The van der Waals surface area contributed by atoms with E-state index >= 15 is 0 Å². The Kier molecular flexibility index (Phi) is 4.17. The molecule has 0 N–H and O–H groups in total. The summed E-state index contributed by atoms with van der Waals surface area (Å²) in [6, 6.07) is 3.70. The molecule has 1 fully saturated rings. The van der Waals surface area contributed by atoms with Gasteiger partial charge in [-0.1, -0.05) is 11.6 Å². The topological polar surface area (TPSA) is 56.6 Å². The van der Waals surface area contributed by atoms with Gasteiger partial charge in [-0.05, 0) is 12.1 Å². The van der Waals surface area contributed by atoms with Gasteiger partial charge >= 0.3 is 0 Å². The van der Waals surface area contributed by atoms with Crippen LogP contribution in [0.4, 0.5) is 0 Å². The highest BCUT2D eigenvalue weighted by Gasteiger charge is 2.30. The van der Waals surface area contributed by atoms with Gasteiger partial charge in [-0.3, -0.25) is 4.79 Å². The third-order valence-electron chi connectivity index (χ3n) is 4.11. The van der Waals surface area contributed by atoms with E-state index in [0.29, 0.717) is 35.3 Å². The standard InChI is InChI=1S/C16H18ClN3O3/c1-19-9-10(8-13(19)21)20-7-6-18-16(20)11-4-5-12(22-2)15(23-3)14(11)17/h4-7,10H,8-9H2,1-3H3. The summed E-state index contributed by atoms with van der Waals surface area (Å²) in [7, 11) is 4.92. The molecule has 1 aliphatic heterocycles. The maximum Gasteiger partial charge on any atom is 0.224 e. The number of ether oxygens (including phenoxy) is 2. The van der Waals surface area contributed by atoms with Crippen LogP contribution >= 0.6 is 11.6 Å². The van der Waals surface area contributed by atoms with Gasteiger partial charge in [0, 0.05) is 38.0 Å². The van der Waals surface area contributed by atoms with E-state index in [1.807, 2.05) is 23.9 Å². The van der Waals surface area contributed by atoms with E-state index in [0.717, 1.165) is 5.56 Å². The average Bonchev–Trinajstić information content (AvgIpc) is 3.14. The third-order valence-corrected chi connectivity index (χ3v) is 4.48. The molecule has 122 valence electrons. The summed E-state index contributed by atoms with van der Waals surface area (Å²) in [5.41, 5.74) is 0.747. The second-order valence-corrected chi connectivity index (χ2v) is 5.83. The van der Waals surface area contributed by atoms with Crippen molar-refractivity contribution in [3.8, 4) is 22.9 Å². The molecule has 23 heavy (non-hydrogen) atoms. The molecular weight excluding hydrogens is 318 g/mol. The quantitative estimate of drug-likeness (QED) is 0.862. The van der Waals surface area contributed by atoms with Gasteiger partial charge in [0.1, 0.15) is 5.82 Å².